The molecule has 0 spiro atoms. The molecule has 16 heavy (non-hydrogen) atoms. The zero-order valence-corrected chi connectivity index (χ0v) is 10.3. The van der Waals surface area contributed by atoms with Crippen molar-refractivity contribution in [3.05, 3.63) is 35.9 Å². The first kappa shape index (κ1) is 10.2. The molecule has 1 saturated heterocycles. The van der Waals surface area contributed by atoms with Crippen molar-refractivity contribution < 1.29 is 0 Å². The molecule has 3 heterocycles. The van der Waals surface area contributed by atoms with E-state index in [1.807, 2.05) is 6.20 Å². The molecule has 84 valence electrons. The van der Waals surface area contributed by atoms with E-state index >= 15 is 0 Å². The SMILES string of the molecule is Cc1cccc2cnc(C3CCCCS3)n12. The van der Waals surface area contributed by atoms with Crippen LogP contribution in [0.2, 0.25) is 0 Å². The summed E-state index contributed by atoms with van der Waals surface area (Å²) in [6.07, 6.45) is 5.98. The summed E-state index contributed by atoms with van der Waals surface area (Å²) < 4.78 is 2.31. The number of fused-ring (bicyclic) bond motifs is 1. The fourth-order valence-corrected chi connectivity index (χ4v) is 3.72. The van der Waals surface area contributed by atoms with Gasteiger partial charge in [-0.15, -0.1) is 0 Å². The Labute approximate surface area is 100 Å². The van der Waals surface area contributed by atoms with E-state index in [2.05, 4.69) is 46.3 Å². The third-order valence-corrected chi connectivity index (χ3v) is 4.61. The lowest BCUT2D eigenvalue weighted by Gasteiger charge is -2.20. The van der Waals surface area contributed by atoms with Crippen molar-refractivity contribution in [2.75, 3.05) is 5.75 Å². The highest BCUT2D eigenvalue weighted by atomic mass is 32.2. The van der Waals surface area contributed by atoms with Crippen molar-refractivity contribution in [2.24, 2.45) is 0 Å². The topological polar surface area (TPSA) is 17.3 Å². The molecule has 0 N–H and O–H groups in total. The largest absolute Gasteiger partial charge is 0.300 e. The second-order valence-corrected chi connectivity index (χ2v) is 5.71. The van der Waals surface area contributed by atoms with E-state index in [0.717, 1.165) is 0 Å². The number of imidazole rings is 1. The highest BCUT2D eigenvalue weighted by molar-refractivity contribution is 7.99. The first-order valence-corrected chi connectivity index (χ1v) is 6.96. The van der Waals surface area contributed by atoms with Crippen LogP contribution in [0.25, 0.3) is 5.52 Å². The quantitative estimate of drug-likeness (QED) is 0.747. The number of nitrogens with zero attached hydrogens (tertiary/aromatic N) is 2. The smallest absolute Gasteiger partial charge is 0.126 e. The van der Waals surface area contributed by atoms with Crippen LogP contribution in [0.15, 0.2) is 24.4 Å². The molecule has 0 radical (unpaired) electrons. The maximum Gasteiger partial charge on any atom is 0.126 e. The Hall–Kier alpha value is -0.960. The number of aromatic nitrogens is 2. The third kappa shape index (κ3) is 1.63. The van der Waals surface area contributed by atoms with Crippen molar-refractivity contribution in [1.29, 1.82) is 0 Å². The molecule has 2 aromatic rings. The molecule has 0 aliphatic carbocycles. The van der Waals surface area contributed by atoms with Gasteiger partial charge in [-0.2, -0.15) is 11.8 Å². The van der Waals surface area contributed by atoms with Crippen LogP contribution < -0.4 is 0 Å². The van der Waals surface area contributed by atoms with Crippen molar-refractivity contribution in [1.82, 2.24) is 9.38 Å². The zero-order valence-electron chi connectivity index (χ0n) is 9.52. The Morgan fingerprint density at radius 1 is 1.38 bits per heavy atom. The molecular formula is C13H16N2S. The van der Waals surface area contributed by atoms with Gasteiger partial charge in [0.05, 0.1) is 17.0 Å². The second-order valence-electron chi connectivity index (χ2n) is 4.40. The van der Waals surface area contributed by atoms with Crippen LogP contribution >= 0.6 is 11.8 Å². The van der Waals surface area contributed by atoms with Gasteiger partial charge in [0.2, 0.25) is 0 Å². The van der Waals surface area contributed by atoms with Gasteiger partial charge in [0.15, 0.2) is 0 Å². The van der Waals surface area contributed by atoms with Gasteiger partial charge < -0.3 is 4.40 Å². The molecule has 0 aromatic carbocycles. The standard InChI is InChI=1S/C13H16N2S/c1-10-5-4-6-11-9-14-13(15(10)11)12-7-2-3-8-16-12/h4-6,9,12H,2-3,7-8H2,1H3. The van der Waals surface area contributed by atoms with Crippen LogP contribution in [0.1, 0.15) is 36.0 Å². The Bertz CT molecular complexity index is 498. The van der Waals surface area contributed by atoms with E-state index in [1.165, 1.54) is 42.1 Å². The first-order chi connectivity index (χ1) is 7.86. The molecule has 0 amide bonds. The van der Waals surface area contributed by atoms with Crippen molar-refractivity contribution in [3.8, 4) is 0 Å². The Balaban J connectivity index is 2.09. The predicted molar refractivity (Wildman–Crippen MR) is 69.0 cm³/mol. The number of aryl methyl sites for hydroxylation is 1. The van der Waals surface area contributed by atoms with Gasteiger partial charge >= 0.3 is 0 Å². The van der Waals surface area contributed by atoms with E-state index in [0.29, 0.717) is 5.25 Å². The van der Waals surface area contributed by atoms with Crippen LogP contribution in [-0.2, 0) is 0 Å². The Morgan fingerprint density at radius 2 is 2.31 bits per heavy atom. The summed E-state index contributed by atoms with van der Waals surface area (Å²) >= 11 is 2.06. The summed E-state index contributed by atoms with van der Waals surface area (Å²) in [6, 6.07) is 6.40. The predicted octanol–water partition coefficient (Wildman–Crippen LogP) is 3.60. The van der Waals surface area contributed by atoms with Gasteiger partial charge in [-0.05, 0) is 37.7 Å². The minimum Gasteiger partial charge on any atom is -0.300 e. The highest BCUT2D eigenvalue weighted by Gasteiger charge is 2.20. The van der Waals surface area contributed by atoms with Crippen LogP contribution in [0.3, 0.4) is 0 Å². The van der Waals surface area contributed by atoms with Gasteiger partial charge in [0.25, 0.3) is 0 Å². The summed E-state index contributed by atoms with van der Waals surface area (Å²) in [4.78, 5) is 4.62. The molecular weight excluding hydrogens is 216 g/mol. The monoisotopic (exact) mass is 232 g/mol. The third-order valence-electron chi connectivity index (χ3n) is 3.24. The Kier molecular flexibility index (Phi) is 2.64. The Morgan fingerprint density at radius 3 is 3.12 bits per heavy atom. The number of pyridine rings is 1. The number of hydrogen-bond acceptors (Lipinski definition) is 2. The van der Waals surface area contributed by atoms with Crippen molar-refractivity contribution in [2.45, 2.75) is 31.4 Å². The van der Waals surface area contributed by atoms with E-state index in [1.54, 1.807) is 0 Å². The molecule has 3 heteroatoms. The fraction of sp³-hybridized carbons (Fsp3) is 0.462. The number of rotatable bonds is 1. The zero-order chi connectivity index (χ0) is 11.0. The summed E-state index contributed by atoms with van der Waals surface area (Å²) in [5.41, 5.74) is 2.51. The minimum atomic E-state index is 0.595. The summed E-state index contributed by atoms with van der Waals surface area (Å²) in [5.74, 6) is 2.53. The van der Waals surface area contributed by atoms with Crippen LogP contribution in [0.5, 0.6) is 0 Å². The normalized spacial score (nSPS) is 21.4. The summed E-state index contributed by atoms with van der Waals surface area (Å²) in [7, 11) is 0. The van der Waals surface area contributed by atoms with Crippen LogP contribution in [0.4, 0.5) is 0 Å². The van der Waals surface area contributed by atoms with Gasteiger partial charge in [-0.25, -0.2) is 4.98 Å². The van der Waals surface area contributed by atoms with Gasteiger partial charge in [-0.1, -0.05) is 12.5 Å². The van der Waals surface area contributed by atoms with Gasteiger partial charge in [0, 0.05) is 5.69 Å². The molecule has 1 unspecified atom stereocenters. The highest BCUT2D eigenvalue weighted by Crippen LogP contribution is 2.37. The molecule has 3 rings (SSSR count). The lowest BCUT2D eigenvalue weighted by atomic mass is 10.2. The average molecular weight is 232 g/mol. The molecule has 1 aliphatic rings. The van der Waals surface area contributed by atoms with E-state index in [-0.39, 0.29) is 0 Å². The lowest BCUT2D eigenvalue weighted by Crippen LogP contribution is -2.07. The van der Waals surface area contributed by atoms with Gasteiger partial charge in [0.1, 0.15) is 5.82 Å². The first-order valence-electron chi connectivity index (χ1n) is 5.91. The molecule has 2 nitrogen and oxygen atoms in total. The maximum atomic E-state index is 4.62. The molecule has 0 bridgehead atoms. The van der Waals surface area contributed by atoms with Crippen LogP contribution in [-0.4, -0.2) is 15.1 Å². The van der Waals surface area contributed by atoms with Crippen LogP contribution in [0, 0.1) is 6.92 Å². The summed E-state index contributed by atoms with van der Waals surface area (Å²) in [6.45, 7) is 2.16. The minimum absolute atomic E-state index is 0.595. The second kappa shape index (κ2) is 4.13. The molecule has 2 aromatic heterocycles. The fourth-order valence-electron chi connectivity index (χ4n) is 2.41. The maximum absolute atomic E-state index is 4.62. The molecule has 1 aliphatic heterocycles. The molecule has 1 fully saturated rings. The molecule has 1 atom stereocenters. The van der Waals surface area contributed by atoms with E-state index < -0.39 is 0 Å². The van der Waals surface area contributed by atoms with Crippen molar-refractivity contribution >= 4 is 17.3 Å². The lowest BCUT2D eigenvalue weighted by molar-refractivity contribution is 0.658. The number of hydrogen-bond donors (Lipinski definition) is 0. The van der Waals surface area contributed by atoms with Gasteiger partial charge in [-0.3, -0.25) is 0 Å². The van der Waals surface area contributed by atoms with E-state index in [4.69, 9.17) is 0 Å². The molecule has 0 saturated carbocycles. The van der Waals surface area contributed by atoms with Crippen molar-refractivity contribution in [3.63, 3.8) is 0 Å². The number of thioether (sulfide) groups is 1. The van der Waals surface area contributed by atoms with E-state index in [9.17, 15) is 0 Å². The summed E-state index contributed by atoms with van der Waals surface area (Å²) in [5, 5.41) is 0.595. The average Bonchev–Trinajstić information content (AvgIpc) is 2.75.